The molecular formula is C15H20BrN3O. The standard InChI is InChI=1S/C15H20BrN3O/c1-2-10-19-15(20)14(16)13(11-18-19)17-9-8-12-6-4-3-5-7-12/h2,6,11,17H,1,3-5,7-10H2. The van der Waals surface area contributed by atoms with E-state index in [1.165, 1.54) is 35.9 Å². The number of aromatic nitrogens is 2. The van der Waals surface area contributed by atoms with Crippen molar-refractivity contribution in [3.63, 3.8) is 0 Å². The van der Waals surface area contributed by atoms with Crippen molar-refractivity contribution in [2.45, 2.75) is 38.6 Å². The summed E-state index contributed by atoms with van der Waals surface area (Å²) in [4.78, 5) is 12.0. The van der Waals surface area contributed by atoms with Crippen LogP contribution in [-0.2, 0) is 6.54 Å². The van der Waals surface area contributed by atoms with E-state index in [-0.39, 0.29) is 5.56 Å². The number of nitrogens with one attached hydrogen (secondary N) is 1. The lowest BCUT2D eigenvalue weighted by Crippen LogP contribution is -2.24. The monoisotopic (exact) mass is 337 g/mol. The van der Waals surface area contributed by atoms with E-state index >= 15 is 0 Å². The van der Waals surface area contributed by atoms with Gasteiger partial charge in [-0.2, -0.15) is 5.10 Å². The molecule has 2 rings (SSSR count). The first-order chi connectivity index (χ1) is 9.72. The summed E-state index contributed by atoms with van der Waals surface area (Å²) in [6, 6.07) is 0. The lowest BCUT2D eigenvalue weighted by atomic mass is 9.97. The zero-order valence-electron chi connectivity index (χ0n) is 11.6. The van der Waals surface area contributed by atoms with Crippen LogP contribution in [0.4, 0.5) is 5.69 Å². The molecule has 0 saturated heterocycles. The third kappa shape index (κ3) is 3.82. The number of hydrogen-bond donors (Lipinski definition) is 1. The van der Waals surface area contributed by atoms with Gasteiger partial charge in [0.15, 0.2) is 0 Å². The second-order valence-electron chi connectivity index (χ2n) is 4.93. The summed E-state index contributed by atoms with van der Waals surface area (Å²) in [5.41, 5.74) is 2.14. The summed E-state index contributed by atoms with van der Waals surface area (Å²) in [6.45, 7) is 4.87. The maximum Gasteiger partial charge on any atom is 0.283 e. The van der Waals surface area contributed by atoms with E-state index in [2.05, 4.69) is 39.0 Å². The highest BCUT2D eigenvalue weighted by atomic mass is 79.9. The molecule has 5 heteroatoms. The summed E-state index contributed by atoms with van der Waals surface area (Å²) in [6.07, 6.45) is 11.7. The van der Waals surface area contributed by atoms with Crippen molar-refractivity contribution < 1.29 is 0 Å². The number of rotatable bonds is 6. The van der Waals surface area contributed by atoms with Crippen LogP contribution in [0.2, 0.25) is 0 Å². The Bertz CT molecular complexity index is 563. The Morgan fingerprint density at radius 2 is 2.35 bits per heavy atom. The van der Waals surface area contributed by atoms with E-state index in [1.54, 1.807) is 12.3 Å². The van der Waals surface area contributed by atoms with Crippen molar-refractivity contribution in [3.05, 3.63) is 45.3 Å². The SMILES string of the molecule is C=CCn1ncc(NCCC2=CCCCC2)c(Br)c1=O. The van der Waals surface area contributed by atoms with Crippen LogP contribution in [0.3, 0.4) is 0 Å². The van der Waals surface area contributed by atoms with Gasteiger partial charge in [0.25, 0.3) is 5.56 Å². The van der Waals surface area contributed by atoms with Crippen molar-refractivity contribution in [2.75, 3.05) is 11.9 Å². The fraction of sp³-hybridized carbons (Fsp3) is 0.467. The molecule has 0 saturated carbocycles. The summed E-state index contributed by atoms with van der Waals surface area (Å²) in [7, 11) is 0. The molecule has 108 valence electrons. The molecule has 4 nitrogen and oxygen atoms in total. The Hall–Kier alpha value is -1.36. The predicted octanol–water partition coefficient (Wildman–Crippen LogP) is 3.49. The van der Waals surface area contributed by atoms with Crippen LogP contribution in [0.15, 0.2) is 39.8 Å². The van der Waals surface area contributed by atoms with Crippen LogP contribution >= 0.6 is 15.9 Å². The first kappa shape index (κ1) is 15.0. The fourth-order valence-electron chi connectivity index (χ4n) is 2.33. The molecule has 0 amide bonds. The quantitative estimate of drug-likeness (QED) is 0.808. The molecular weight excluding hydrogens is 318 g/mol. The average molecular weight is 338 g/mol. The molecule has 0 aliphatic heterocycles. The number of allylic oxidation sites excluding steroid dienone is 2. The molecule has 1 aromatic rings. The molecule has 0 aromatic carbocycles. The van der Waals surface area contributed by atoms with Gasteiger partial charge in [-0.05, 0) is 48.0 Å². The summed E-state index contributed by atoms with van der Waals surface area (Å²) in [5.74, 6) is 0. The summed E-state index contributed by atoms with van der Waals surface area (Å²) >= 11 is 3.34. The van der Waals surface area contributed by atoms with Gasteiger partial charge in [-0.1, -0.05) is 17.7 Å². The van der Waals surface area contributed by atoms with Crippen molar-refractivity contribution in [3.8, 4) is 0 Å². The Kier molecular flexibility index (Phi) is 5.59. The van der Waals surface area contributed by atoms with Crippen LogP contribution < -0.4 is 10.9 Å². The Balaban J connectivity index is 1.96. The third-order valence-electron chi connectivity index (χ3n) is 3.43. The Morgan fingerprint density at radius 1 is 1.50 bits per heavy atom. The molecule has 0 spiro atoms. The molecule has 1 N–H and O–H groups in total. The van der Waals surface area contributed by atoms with Gasteiger partial charge in [0.05, 0.1) is 18.4 Å². The molecule has 1 heterocycles. The van der Waals surface area contributed by atoms with Crippen LogP contribution in [0.1, 0.15) is 32.1 Å². The first-order valence-corrected chi connectivity index (χ1v) is 7.80. The van der Waals surface area contributed by atoms with Crippen LogP contribution in [0, 0.1) is 0 Å². The molecule has 0 bridgehead atoms. The highest BCUT2D eigenvalue weighted by Crippen LogP contribution is 2.21. The zero-order chi connectivity index (χ0) is 14.4. The van der Waals surface area contributed by atoms with Crippen molar-refractivity contribution in [2.24, 2.45) is 0 Å². The maximum atomic E-state index is 12.0. The second-order valence-corrected chi connectivity index (χ2v) is 5.73. The Morgan fingerprint density at radius 3 is 3.05 bits per heavy atom. The van der Waals surface area contributed by atoms with E-state index in [4.69, 9.17) is 0 Å². The van der Waals surface area contributed by atoms with Gasteiger partial charge >= 0.3 is 0 Å². The summed E-state index contributed by atoms with van der Waals surface area (Å²) in [5, 5.41) is 7.40. The maximum absolute atomic E-state index is 12.0. The molecule has 20 heavy (non-hydrogen) atoms. The van der Waals surface area contributed by atoms with E-state index in [0.717, 1.165) is 18.7 Å². The number of hydrogen-bond acceptors (Lipinski definition) is 3. The number of halogens is 1. The molecule has 0 unspecified atom stereocenters. The molecule has 0 atom stereocenters. The van der Waals surface area contributed by atoms with Crippen LogP contribution in [0.25, 0.3) is 0 Å². The van der Waals surface area contributed by atoms with Crippen LogP contribution in [-0.4, -0.2) is 16.3 Å². The van der Waals surface area contributed by atoms with Gasteiger partial charge in [0.2, 0.25) is 0 Å². The van der Waals surface area contributed by atoms with Gasteiger partial charge in [-0.3, -0.25) is 4.79 Å². The van der Waals surface area contributed by atoms with E-state index < -0.39 is 0 Å². The average Bonchev–Trinajstić information content (AvgIpc) is 2.48. The van der Waals surface area contributed by atoms with Crippen LogP contribution in [0.5, 0.6) is 0 Å². The largest absolute Gasteiger partial charge is 0.382 e. The highest BCUT2D eigenvalue weighted by Gasteiger charge is 2.08. The normalized spacial score (nSPS) is 14.8. The van der Waals surface area contributed by atoms with Crippen molar-refractivity contribution in [1.29, 1.82) is 0 Å². The van der Waals surface area contributed by atoms with Crippen molar-refractivity contribution >= 4 is 21.6 Å². The van der Waals surface area contributed by atoms with E-state index in [1.807, 2.05) is 0 Å². The minimum Gasteiger partial charge on any atom is -0.382 e. The second kappa shape index (κ2) is 7.43. The fourth-order valence-corrected chi connectivity index (χ4v) is 2.78. The minimum atomic E-state index is -0.133. The zero-order valence-corrected chi connectivity index (χ0v) is 13.2. The van der Waals surface area contributed by atoms with Gasteiger partial charge in [0.1, 0.15) is 4.47 Å². The molecule has 1 aromatic heterocycles. The first-order valence-electron chi connectivity index (χ1n) is 7.00. The molecule has 0 fully saturated rings. The van der Waals surface area contributed by atoms with Gasteiger partial charge in [-0.15, -0.1) is 6.58 Å². The molecule has 1 aliphatic rings. The molecule has 1 aliphatic carbocycles. The minimum absolute atomic E-state index is 0.133. The van der Waals surface area contributed by atoms with Crippen molar-refractivity contribution in [1.82, 2.24) is 9.78 Å². The van der Waals surface area contributed by atoms with E-state index in [0.29, 0.717) is 11.0 Å². The predicted molar refractivity (Wildman–Crippen MR) is 86.1 cm³/mol. The van der Waals surface area contributed by atoms with E-state index in [9.17, 15) is 4.79 Å². The number of anilines is 1. The third-order valence-corrected chi connectivity index (χ3v) is 4.20. The van der Waals surface area contributed by atoms with Gasteiger partial charge in [0, 0.05) is 6.54 Å². The van der Waals surface area contributed by atoms with Gasteiger partial charge < -0.3 is 5.32 Å². The summed E-state index contributed by atoms with van der Waals surface area (Å²) < 4.78 is 1.92. The highest BCUT2D eigenvalue weighted by molar-refractivity contribution is 9.10. The lowest BCUT2D eigenvalue weighted by Gasteiger charge is -2.14. The molecule has 0 radical (unpaired) electrons. The lowest BCUT2D eigenvalue weighted by molar-refractivity contribution is 0.648. The topological polar surface area (TPSA) is 46.9 Å². The van der Waals surface area contributed by atoms with Gasteiger partial charge in [-0.25, -0.2) is 4.68 Å². The smallest absolute Gasteiger partial charge is 0.283 e. The Labute approximate surface area is 127 Å². The number of nitrogens with zero attached hydrogens (tertiary/aromatic N) is 2.